The molecule has 7 heteroatoms. The first-order valence-corrected chi connectivity index (χ1v) is 8.31. The first-order valence-electron chi connectivity index (χ1n) is 8.31. The Kier molecular flexibility index (Phi) is 3.97. The number of nitrogens with zero attached hydrogens (tertiary/aromatic N) is 3. The normalized spacial score (nSPS) is 14.9. The summed E-state index contributed by atoms with van der Waals surface area (Å²) in [5.41, 5.74) is 1.27. The molecule has 4 heterocycles. The van der Waals surface area contributed by atoms with Gasteiger partial charge in [-0.05, 0) is 37.1 Å². The van der Waals surface area contributed by atoms with Gasteiger partial charge in [0.25, 0.3) is 0 Å². The SMILES string of the molecule is O=C(CN1CCCCC1=O)Nc1c(-c2ccco2)nc2ccccn12. The number of nitrogens with one attached hydrogen (secondary N) is 1. The molecule has 0 spiro atoms. The third-order valence-corrected chi connectivity index (χ3v) is 4.30. The first-order chi connectivity index (χ1) is 12.2. The maximum Gasteiger partial charge on any atom is 0.245 e. The maximum atomic E-state index is 12.5. The van der Waals surface area contributed by atoms with Gasteiger partial charge < -0.3 is 14.6 Å². The molecule has 1 fully saturated rings. The first kappa shape index (κ1) is 15.4. The summed E-state index contributed by atoms with van der Waals surface area (Å²) >= 11 is 0. The quantitative estimate of drug-likeness (QED) is 0.793. The number of fused-ring (bicyclic) bond motifs is 1. The summed E-state index contributed by atoms with van der Waals surface area (Å²) in [6.45, 7) is 0.681. The Morgan fingerprint density at radius 3 is 2.96 bits per heavy atom. The van der Waals surface area contributed by atoms with Crippen LogP contribution in [0.15, 0.2) is 47.2 Å². The van der Waals surface area contributed by atoms with E-state index in [0.717, 1.165) is 12.8 Å². The van der Waals surface area contributed by atoms with E-state index in [0.29, 0.717) is 35.9 Å². The van der Waals surface area contributed by atoms with Crippen LogP contribution in [0.3, 0.4) is 0 Å². The van der Waals surface area contributed by atoms with Gasteiger partial charge in [-0.1, -0.05) is 6.07 Å². The van der Waals surface area contributed by atoms with Gasteiger partial charge in [0.15, 0.2) is 5.76 Å². The molecule has 1 N–H and O–H groups in total. The second kappa shape index (κ2) is 6.43. The van der Waals surface area contributed by atoms with E-state index in [-0.39, 0.29) is 18.4 Å². The van der Waals surface area contributed by atoms with Crippen LogP contribution in [0.1, 0.15) is 19.3 Å². The van der Waals surface area contributed by atoms with Crippen molar-refractivity contribution in [1.29, 1.82) is 0 Å². The van der Waals surface area contributed by atoms with Crippen molar-refractivity contribution in [3.63, 3.8) is 0 Å². The van der Waals surface area contributed by atoms with Crippen LogP contribution >= 0.6 is 0 Å². The van der Waals surface area contributed by atoms with Crippen molar-refractivity contribution < 1.29 is 14.0 Å². The van der Waals surface area contributed by atoms with Crippen LogP contribution in [-0.2, 0) is 9.59 Å². The van der Waals surface area contributed by atoms with Crippen molar-refractivity contribution >= 4 is 23.3 Å². The second-order valence-electron chi connectivity index (χ2n) is 6.04. The van der Waals surface area contributed by atoms with Gasteiger partial charge in [-0.2, -0.15) is 0 Å². The summed E-state index contributed by atoms with van der Waals surface area (Å²) in [4.78, 5) is 30.6. The highest BCUT2D eigenvalue weighted by molar-refractivity contribution is 5.97. The Morgan fingerprint density at radius 2 is 2.16 bits per heavy atom. The van der Waals surface area contributed by atoms with E-state index in [1.807, 2.05) is 24.4 Å². The molecule has 25 heavy (non-hydrogen) atoms. The van der Waals surface area contributed by atoms with Gasteiger partial charge in [-0.15, -0.1) is 0 Å². The topological polar surface area (TPSA) is 79.8 Å². The molecule has 0 aliphatic carbocycles. The van der Waals surface area contributed by atoms with Crippen molar-refractivity contribution in [3.8, 4) is 11.5 Å². The minimum absolute atomic E-state index is 0.0331. The molecule has 4 rings (SSSR count). The number of likely N-dealkylation sites (tertiary alicyclic amines) is 1. The number of aromatic nitrogens is 2. The lowest BCUT2D eigenvalue weighted by Crippen LogP contribution is -2.40. The average molecular weight is 338 g/mol. The minimum atomic E-state index is -0.242. The van der Waals surface area contributed by atoms with Crippen LogP contribution in [0, 0.1) is 0 Å². The second-order valence-corrected chi connectivity index (χ2v) is 6.04. The number of carbonyl (C=O) groups excluding carboxylic acids is 2. The molecule has 0 unspecified atom stereocenters. The number of imidazole rings is 1. The molecule has 3 aromatic rings. The predicted octanol–water partition coefficient (Wildman–Crippen LogP) is 2.55. The summed E-state index contributed by atoms with van der Waals surface area (Å²) < 4.78 is 7.25. The summed E-state index contributed by atoms with van der Waals surface area (Å²) in [7, 11) is 0. The lowest BCUT2D eigenvalue weighted by molar-refractivity contribution is -0.136. The molecular weight excluding hydrogens is 320 g/mol. The summed E-state index contributed by atoms with van der Waals surface area (Å²) in [5, 5.41) is 2.90. The molecule has 128 valence electrons. The number of anilines is 1. The predicted molar refractivity (Wildman–Crippen MR) is 92.0 cm³/mol. The van der Waals surface area contributed by atoms with Gasteiger partial charge in [0.05, 0.1) is 12.8 Å². The molecule has 0 saturated carbocycles. The van der Waals surface area contributed by atoms with E-state index in [2.05, 4.69) is 10.3 Å². The van der Waals surface area contributed by atoms with E-state index in [4.69, 9.17) is 4.42 Å². The Hall–Kier alpha value is -3.09. The highest BCUT2D eigenvalue weighted by Gasteiger charge is 2.23. The Morgan fingerprint density at radius 1 is 1.24 bits per heavy atom. The lowest BCUT2D eigenvalue weighted by Gasteiger charge is -2.25. The van der Waals surface area contributed by atoms with E-state index in [1.54, 1.807) is 27.7 Å². The number of piperidine rings is 1. The molecule has 3 aromatic heterocycles. The molecule has 1 saturated heterocycles. The smallest absolute Gasteiger partial charge is 0.245 e. The molecule has 0 atom stereocenters. The fraction of sp³-hybridized carbons (Fsp3) is 0.278. The highest BCUT2D eigenvalue weighted by atomic mass is 16.3. The van der Waals surface area contributed by atoms with E-state index < -0.39 is 0 Å². The Labute approximate surface area is 144 Å². The van der Waals surface area contributed by atoms with Crippen molar-refractivity contribution in [2.24, 2.45) is 0 Å². The summed E-state index contributed by atoms with van der Waals surface area (Å²) in [6, 6.07) is 9.18. The molecule has 1 aliphatic heterocycles. The number of amides is 2. The van der Waals surface area contributed by atoms with Gasteiger partial charge in [-0.25, -0.2) is 4.98 Å². The molecule has 7 nitrogen and oxygen atoms in total. The molecule has 0 radical (unpaired) electrons. The Balaban J connectivity index is 1.63. The summed E-state index contributed by atoms with van der Waals surface area (Å²) in [5.74, 6) is 0.910. The number of furan rings is 1. The highest BCUT2D eigenvalue weighted by Crippen LogP contribution is 2.29. The van der Waals surface area contributed by atoms with Gasteiger partial charge in [0, 0.05) is 19.2 Å². The lowest BCUT2D eigenvalue weighted by atomic mass is 10.1. The number of hydrogen-bond acceptors (Lipinski definition) is 4. The fourth-order valence-corrected chi connectivity index (χ4v) is 3.07. The van der Waals surface area contributed by atoms with Crippen LogP contribution in [0.2, 0.25) is 0 Å². The van der Waals surface area contributed by atoms with Crippen molar-refractivity contribution in [2.75, 3.05) is 18.4 Å². The third-order valence-electron chi connectivity index (χ3n) is 4.30. The molecular formula is C18H18N4O3. The van der Waals surface area contributed by atoms with Crippen molar-refractivity contribution in [1.82, 2.24) is 14.3 Å². The van der Waals surface area contributed by atoms with Crippen LogP contribution in [0.25, 0.3) is 17.1 Å². The maximum absolute atomic E-state index is 12.5. The molecule has 2 amide bonds. The standard InChI is InChI=1S/C18H18N4O3/c23-15(12-21-9-3-2-8-16(21)24)20-18-17(13-6-5-11-25-13)19-14-7-1-4-10-22(14)18/h1,4-7,10-11H,2-3,8-9,12H2,(H,20,23). The van der Waals surface area contributed by atoms with Gasteiger partial charge >= 0.3 is 0 Å². The summed E-state index contributed by atoms with van der Waals surface area (Å²) in [6.07, 6.45) is 5.74. The van der Waals surface area contributed by atoms with Crippen LogP contribution in [0.4, 0.5) is 5.82 Å². The van der Waals surface area contributed by atoms with Gasteiger partial charge in [0.1, 0.15) is 17.2 Å². The van der Waals surface area contributed by atoms with Crippen LogP contribution < -0.4 is 5.32 Å². The van der Waals surface area contributed by atoms with E-state index in [1.165, 1.54) is 0 Å². The molecule has 0 aromatic carbocycles. The fourth-order valence-electron chi connectivity index (χ4n) is 3.07. The van der Waals surface area contributed by atoms with E-state index in [9.17, 15) is 9.59 Å². The average Bonchev–Trinajstić information content (AvgIpc) is 3.25. The van der Waals surface area contributed by atoms with Gasteiger partial charge in [0.2, 0.25) is 11.8 Å². The number of carbonyl (C=O) groups is 2. The number of hydrogen-bond donors (Lipinski definition) is 1. The van der Waals surface area contributed by atoms with Crippen LogP contribution in [0.5, 0.6) is 0 Å². The monoisotopic (exact) mass is 338 g/mol. The van der Waals surface area contributed by atoms with E-state index >= 15 is 0 Å². The van der Waals surface area contributed by atoms with Crippen molar-refractivity contribution in [3.05, 3.63) is 42.8 Å². The molecule has 0 bridgehead atoms. The van der Waals surface area contributed by atoms with Crippen molar-refractivity contribution in [2.45, 2.75) is 19.3 Å². The number of rotatable bonds is 4. The zero-order valence-corrected chi connectivity index (χ0v) is 13.6. The molecule has 1 aliphatic rings. The Bertz CT molecular complexity index is 914. The van der Waals surface area contributed by atoms with Gasteiger partial charge in [-0.3, -0.25) is 14.0 Å². The minimum Gasteiger partial charge on any atom is -0.463 e. The third kappa shape index (κ3) is 3.00. The largest absolute Gasteiger partial charge is 0.463 e. The zero-order chi connectivity index (χ0) is 17.2. The van der Waals surface area contributed by atoms with Crippen LogP contribution in [-0.4, -0.2) is 39.2 Å². The number of pyridine rings is 1. The zero-order valence-electron chi connectivity index (χ0n) is 13.6.